The van der Waals surface area contributed by atoms with Crippen molar-refractivity contribution in [1.82, 2.24) is 4.72 Å². The van der Waals surface area contributed by atoms with Crippen molar-refractivity contribution in [1.29, 1.82) is 0 Å². The molecule has 0 saturated carbocycles. The van der Waals surface area contributed by atoms with Gasteiger partial charge in [0.25, 0.3) is 5.91 Å². The molecular formula is C19H24ClN3O3S. The Morgan fingerprint density at radius 1 is 1.26 bits per heavy atom. The van der Waals surface area contributed by atoms with Gasteiger partial charge in [-0.25, -0.2) is 13.1 Å². The second-order valence-corrected chi connectivity index (χ2v) is 8.15. The molecule has 1 aliphatic heterocycles. The fraction of sp³-hybridized carbons (Fsp3) is 0.316. The molecule has 6 nitrogen and oxygen atoms in total. The van der Waals surface area contributed by atoms with E-state index in [9.17, 15) is 13.2 Å². The lowest BCUT2D eigenvalue weighted by Crippen LogP contribution is -2.36. The molecule has 1 amide bonds. The predicted molar refractivity (Wildman–Crippen MR) is 110 cm³/mol. The molecule has 1 aliphatic rings. The first-order valence-corrected chi connectivity index (χ1v) is 10.1. The predicted octanol–water partition coefficient (Wildman–Crippen LogP) is 2.89. The van der Waals surface area contributed by atoms with Crippen LogP contribution in [0.1, 0.15) is 34.8 Å². The van der Waals surface area contributed by atoms with Gasteiger partial charge >= 0.3 is 0 Å². The molecule has 3 N–H and O–H groups in total. The van der Waals surface area contributed by atoms with Crippen LogP contribution in [-0.2, 0) is 16.4 Å². The molecular weight excluding hydrogens is 386 g/mol. The highest BCUT2D eigenvalue weighted by Crippen LogP contribution is 2.32. The molecule has 146 valence electrons. The first-order valence-electron chi connectivity index (χ1n) is 8.64. The van der Waals surface area contributed by atoms with Crippen LogP contribution in [0.15, 0.2) is 41.3 Å². The Balaban J connectivity index is 0.00000261. The number of hydrogen-bond donors (Lipinski definition) is 2. The smallest absolute Gasteiger partial charge is 0.258 e. The number of nitrogen functional groups attached to an aromatic ring is 1. The number of halogens is 1. The Morgan fingerprint density at radius 2 is 2.00 bits per heavy atom. The fourth-order valence-corrected chi connectivity index (χ4v) is 4.35. The highest BCUT2D eigenvalue weighted by atomic mass is 35.5. The van der Waals surface area contributed by atoms with Gasteiger partial charge in [0.15, 0.2) is 0 Å². The Bertz CT molecular complexity index is 961. The van der Waals surface area contributed by atoms with Crippen molar-refractivity contribution in [2.75, 3.05) is 23.7 Å². The number of anilines is 2. The van der Waals surface area contributed by atoms with Gasteiger partial charge in [0.05, 0.1) is 4.90 Å². The number of sulfonamides is 1. The summed E-state index contributed by atoms with van der Waals surface area (Å²) in [5.74, 6) is -0.206. The second kappa shape index (κ2) is 8.29. The van der Waals surface area contributed by atoms with Gasteiger partial charge in [-0.15, -0.1) is 12.4 Å². The number of carbonyl (C=O) groups excluding carboxylic acids is 1. The maximum atomic E-state index is 13.2. The van der Waals surface area contributed by atoms with Crippen LogP contribution in [0.4, 0.5) is 11.4 Å². The Hall–Kier alpha value is -2.09. The number of nitrogens with one attached hydrogen (secondary N) is 1. The zero-order valence-corrected chi connectivity index (χ0v) is 17.0. The van der Waals surface area contributed by atoms with E-state index in [-0.39, 0.29) is 29.8 Å². The van der Waals surface area contributed by atoms with E-state index in [4.69, 9.17) is 5.73 Å². The minimum Gasteiger partial charge on any atom is -0.398 e. The van der Waals surface area contributed by atoms with E-state index in [0.717, 1.165) is 29.7 Å². The van der Waals surface area contributed by atoms with Crippen LogP contribution in [0.5, 0.6) is 0 Å². The van der Waals surface area contributed by atoms with Crippen molar-refractivity contribution in [3.8, 4) is 0 Å². The normalized spacial score (nSPS) is 13.6. The van der Waals surface area contributed by atoms with Crippen molar-refractivity contribution in [2.24, 2.45) is 0 Å². The molecule has 0 unspecified atom stereocenters. The summed E-state index contributed by atoms with van der Waals surface area (Å²) in [6, 6.07) is 10.2. The summed E-state index contributed by atoms with van der Waals surface area (Å²) in [6.45, 7) is 4.39. The molecule has 0 spiro atoms. The Kier molecular flexibility index (Phi) is 6.51. The number of carbonyl (C=O) groups is 1. The lowest BCUT2D eigenvalue weighted by molar-refractivity contribution is 0.0984. The van der Waals surface area contributed by atoms with Crippen LogP contribution in [0.3, 0.4) is 0 Å². The highest BCUT2D eigenvalue weighted by Gasteiger charge is 2.26. The van der Waals surface area contributed by atoms with Gasteiger partial charge in [-0.05, 0) is 55.2 Å². The standard InChI is InChI=1S/C19H23N3O3S.ClH/c1-3-21-26(24,25)14-10-9-13(2)16(12-14)19(23)22-11-5-6-15-17(20)7-4-8-18(15)22;/h4,7-10,12,21H,3,5-6,11,20H2,1-2H3;1H. The summed E-state index contributed by atoms with van der Waals surface area (Å²) in [5.41, 5.74) is 9.65. The number of hydrogen-bond acceptors (Lipinski definition) is 4. The fourth-order valence-electron chi connectivity index (χ4n) is 3.28. The third-order valence-electron chi connectivity index (χ3n) is 4.62. The van der Waals surface area contributed by atoms with Gasteiger partial charge in [0, 0.05) is 30.0 Å². The first-order chi connectivity index (χ1) is 12.3. The summed E-state index contributed by atoms with van der Waals surface area (Å²) in [6.07, 6.45) is 1.65. The lowest BCUT2D eigenvalue weighted by Gasteiger charge is -2.30. The van der Waals surface area contributed by atoms with Crippen molar-refractivity contribution in [2.45, 2.75) is 31.6 Å². The van der Waals surface area contributed by atoms with Crippen molar-refractivity contribution < 1.29 is 13.2 Å². The number of nitrogens with zero attached hydrogens (tertiary/aromatic N) is 1. The molecule has 1 heterocycles. The van der Waals surface area contributed by atoms with Crippen LogP contribution in [0.25, 0.3) is 0 Å². The van der Waals surface area contributed by atoms with E-state index < -0.39 is 10.0 Å². The van der Waals surface area contributed by atoms with E-state index in [1.165, 1.54) is 12.1 Å². The average Bonchev–Trinajstić information content (AvgIpc) is 2.61. The maximum Gasteiger partial charge on any atom is 0.258 e. The van der Waals surface area contributed by atoms with Gasteiger partial charge in [-0.1, -0.05) is 19.1 Å². The monoisotopic (exact) mass is 409 g/mol. The summed E-state index contributed by atoms with van der Waals surface area (Å²) < 4.78 is 27.0. The molecule has 0 radical (unpaired) electrons. The lowest BCUT2D eigenvalue weighted by atomic mass is 9.98. The number of benzene rings is 2. The Morgan fingerprint density at radius 3 is 2.70 bits per heavy atom. The van der Waals surface area contributed by atoms with Gasteiger partial charge in [-0.2, -0.15) is 0 Å². The van der Waals surface area contributed by atoms with Crippen LogP contribution >= 0.6 is 12.4 Å². The second-order valence-electron chi connectivity index (χ2n) is 6.38. The van der Waals surface area contributed by atoms with Crippen molar-refractivity contribution >= 4 is 39.7 Å². The molecule has 3 rings (SSSR count). The number of rotatable bonds is 4. The van der Waals surface area contributed by atoms with Gasteiger partial charge < -0.3 is 10.6 Å². The number of fused-ring (bicyclic) bond motifs is 1. The zero-order chi connectivity index (χ0) is 18.9. The quantitative estimate of drug-likeness (QED) is 0.759. The van der Waals surface area contributed by atoms with Gasteiger partial charge in [0.2, 0.25) is 10.0 Å². The third kappa shape index (κ3) is 4.10. The molecule has 8 heteroatoms. The molecule has 0 aromatic heterocycles. The number of aryl methyl sites for hydroxylation is 1. The van der Waals surface area contributed by atoms with E-state index in [1.807, 2.05) is 18.2 Å². The van der Waals surface area contributed by atoms with E-state index in [1.54, 1.807) is 24.8 Å². The van der Waals surface area contributed by atoms with Gasteiger partial charge in [-0.3, -0.25) is 4.79 Å². The summed E-state index contributed by atoms with van der Waals surface area (Å²) in [4.78, 5) is 15.0. The minimum absolute atomic E-state index is 0. The first kappa shape index (κ1) is 21.2. The van der Waals surface area contributed by atoms with E-state index in [0.29, 0.717) is 17.8 Å². The van der Waals surface area contributed by atoms with E-state index in [2.05, 4.69) is 4.72 Å². The van der Waals surface area contributed by atoms with Crippen LogP contribution in [0, 0.1) is 6.92 Å². The van der Waals surface area contributed by atoms with Gasteiger partial charge in [0.1, 0.15) is 0 Å². The molecule has 0 atom stereocenters. The number of nitrogens with two attached hydrogens (primary N) is 1. The topological polar surface area (TPSA) is 92.5 Å². The molecule has 0 fully saturated rings. The van der Waals surface area contributed by atoms with Crippen LogP contribution in [-0.4, -0.2) is 27.4 Å². The molecule has 0 aliphatic carbocycles. The van der Waals surface area contributed by atoms with Crippen molar-refractivity contribution in [3.63, 3.8) is 0 Å². The highest BCUT2D eigenvalue weighted by molar-refractivity contribution is 7.89. The largest absolute Gasteiger partial charge is 0.398 e. The SMILES string of the molecule is CCNS(=O)(=O)c1ccc(C)c(C(=O)N2CCCc3c(N)cccc32)c1.Cl. The maximum absolute atomic E-state index is 13.2. The van der Waals surface area contributed by atoms with E-state index >= 15 is 0 Å². The van der Waals surface area contributed by atoms with Crippen molar-refractivity contribution in [3.05, 3.63) is 53.1 Å². The molecule has 2 aromatic rings. The average molecular weight is 410 g/mol. The molecule has 27 heavy (non-hydrogen) atoms. The summed E-state index contributed by atoms with van der Waals surface area (Å²) >= 11 is 0. The molecule has 0 saturated heterocycles. The Labute approximate surface area is 166 Å². The third-order valence-corrected chi connectivity index (χ3v) is 6.16. The molecule has 0 bridgehead atoms. The summed E-state index contributed by atoms with van der Waals surface area (Å²) in [5, 5.41) is 0. The zero-order valence-electron chi connectivity index (χ0n) is 15.4. The minimum atomic E-state index is -3.62. The van der Waals surface area contributed by atoms with Crippen LogP contribution in [0.2, 0.25) is 0 Å². The molecule has 2 aromatic carbocycles. The van der Waals surface area contributed by atoms with Crippen LogP contribution < -0.4 is 15.4 Å². The summed E-state index contributed by atoms with van der Waals surface area (Å²) in [7, 11) is -3.62. The number of amides is 1.